The van der Waals surface area contributed by atoms with Crippen LogP contribution in [0, 0.1) is 0 Å². The summed E-state index contributed by atoms with van der Waals surface area (Å²) < 4.78 is 4.51. The normalized spacial score (nSPS) is 11.4. The van der Waals surface area contributed by atoms with E-state index < -0.39 is 0 Å². The minimum absolute atomic E-state index is 0.147. The van der Waals surface area contributed by atoms with Crippen molar-refractivity contribution in [1.82, 2.24) is 0 Å². The summed E-state index contributed by atoms with van der Waals surface area (Å²) in [6.07, 6.45) is 5.87. The standard InChI is InChI=1S/C11H14O3/c1-4-5-10(6-9(2)8-12)7-11(13)14-3/h4-6,8H,2,7H2,1,3H3/b5-4-,10-6+. The first-order chi connectivity index (χ1) is 6.63. The van der Waals surface area contributed by atoms with Crippen LogP contribution in [-0.2, 0) is 14.3 Å². The van der Waals surface area contributed by atoms with Crippen molar-refractivity contribution >= 4 is 12.3 Å². The predicted octanol–water partition coefficient (Wildman–Crippen LogP) is 1.81. The Morgan fingerprint density at radius 2 is 2.14 bits per heavy atom. The van der Waals surface area contributed by atoms with Gasteiger partial charge >= 0.3 is 5.97 Å². The van der Waals surface area contributed by atoms with Crippen molar-refractivity contribution in [3.05, 3.63) is 36.0 Å². The van der Waals surface area contributed by atoms with E-state index in [0.29, 0.717) is 17.4 Å². The number of ether oxygens (including phenoxy) is 1. The van der Waals surface area contributed by atoms with E-state index in [2.05, 4.69) is 11.3 Å². The van der Waals surface area contributed by atoms with Gasteiger partial charge in [-0.3, -0.25) is 9.59 Å². The molecule has 0 aliphatic carbocycles. The van der Waals surface area contributed by atoms with E-state index in [-0.39, 0.29) is 12.4 Å². The molecule has 0 radical (unpaired) electrons. The lowest BCUT2D eigenvalue weighted by Gasteiger charge is -2.00. The molecule has 0 amide bonds. The summed E-state index contributed by atoms with van der Waals surface area (Å²) in [5.74, 6) is -0.340. The molecule has 0 aromatic heterocycles. The molecule has 3 heteroatoms. The van der Waals surface area contributed by atoms with Crippen molar-refractivity contribution in [2.45, 2.75) is 13.3 Å². The van der Waals surface area contributed by atoms with Crippen LogP contribution in [0.4, 0.5) is 0 Å². The van der Waals surface area contributed by atoms with Gasteiger partial charge in [-0.1, -0.05) is 18.7 Å². The SMILES string of the molecule is C=C(C=O)/C=C(\C=C/C)CC(=O)OC. The van der Waals surface area contributed by atoms with Gasteiger partial charge in [-0.2, -0.15) is 0 Å². The number of esters is 1. The number of carbonyl (C=O) groups excluding carboxylic acids is 2. The predicted molar refractivity (Wildman–Crippen MR) is 54.7 cm³/mol. The second-order valence-electron chi connectivity index (χ2n) is 2.66. The third kappa shape index (κ3) is 5.09. The van der Waals surface area contributed by atoms with Gasteiger partial charge in [0.15, 0.2) is 0 Å². The quantitative estimate of drug-likeness (QED) is 0.290. The van der Waals surface area contributed by atoms with Crippen molar-refractivity contribution in [3.63, 3.8) is 0 Å². The molecule has 0 saturated carbocycles. The Morgan fingerprint density at radius 3 is 2.57 bits per heavy atom. The highest BCUT2D eigenvalue weighted by atomic mass is 16.5. The Balaban J connectivity index is 4.59. The first-order valence-electron chi connectivity index (χ1n) is 4.18. The molecular weight excluding hydrogens is 180 g/mol. The largest absolute Gasteiger partial charge is 0.469 e. The van der Waals surface area contributed by atoms with Crippen LogP contribution in [0.1, 0.15) is 13.3 Å². The Hall–Kier alpha value is -1.64. The van der Waals surface area contributed by atoms with Crippen molar-refractivity contribution in [3.8, 4) is 0 Å². The van der Waals surface area contributed by atoms with Crippen LogP contribution < -0.4 is 0 Å². The van der Waals surface area contributed by atoms with E-state index in [0.717, 1.165) is 0 Å². The molecule has 0 aliphatic rings. The molecule has 0 bridgehead atoms. The summed E-state index contributed by atoms with van der Waals surface area (Å²) in [6.45, 7) is 5.33. The van der Waals surface area contributed by atoms with Gasteiger partial charge in [0.2, 0.25) is 0 Å². The highest BCUT2D eigenvalue weighted by Gasteiger charge is 2.02. The molecule has 0 aromatic carbocycles. The van der Waals surface area contributed by atoms with Gasteiger partial charge in [-0.25, -0.2) is 0 Å². The fraction of sp³-hybridized carbons (Fsp3) is 0.273. The maximum absolute atomic E-state index is 11.0. The average molecular weight is 194 g/mol. The van der Waals surface area contributed by atoms with Crippen LogP contribution in [0.15, 0.2) is 36.0 Å². The van der Waals surface area contributed by atoms with Crippen LogP contribution in [-0.4, -0.2) is 19.4 Å². The lowest BCUT2D eigenvalue weighted by atomic mass is 10.1. The number of hydrogen-bond donors (Lipinski definition) is 0. The molecule has 0 spiro atoms. The van der Waals surface area contributed by atoms with Gasteiger partial charge < -0.3 is 4.74 Å². The van der Waals surface area contributed by atoms with Gasteiger partial charge in [0.05, 0.1) is 13.5 Å². The number of allylic oxidation sites excluding steroid dienone is 4. The fourth-order valence-electron chi connectivity index (χ4n) is 0.883. The zero-order valence-corrected chi connectivity index (χ0v) is 8.45. The van der Waals surface area contributed by atoms with Gasteiger partial charge in [0.1, 0.15) is 6.29 Å². The summed E-state index contributed by atoms with van der Waals surface area (Å²) in [7, 11) is 1.32. The Morgan fingerprint density at radius 1 is 1.50 bits per heavy atom. The highest BCUT2D eigenvalue weighted by molar-refractivity contribution is 5.79. The zero-order chi connectivity index (χ0) is 11.0. The van der Waals surface area contributed by atoms with Crippen molar-refractivity contribution in [2.75, 3.05) is 7.11 Å². The first-order valence-corrected chi connectivity index (χ1v) is 4.18. The van der Waals surface area contributed by atoms with E-state index >= 15 is 0 Å². The molecule has 3 nitrogen and oxygen atoms in total. The maximum Gasteiger partial charge on any atom is 0.309 e. The lowest BCUT2D eigenvalue weighted by Crippen LogP contribution is -2.01. The number of methoxy groups -OCH3 is 1. The number of rotatable bonds is 5. The molecule has 0 rings (SSSR count). The van der Waals surface area contributed by atoms with Crippen molar-refractivity contribution in [1.29, 1.82) is 0 Å². The molecule has 0 aromatic rings. The van der Waals surface area contributed by atoms with Crippen molar-refractivity contribution < 1.29 is 14.3 Å². The van der Waals surface area contributed by atoms with Crippen LogP contribution in [0.25, 0.3) is 0 Å². The topological polar surface area (TPSA) is 43.4 Å². The van der Waals surface area contributed by atoms with E-state index in [1.54, 1.807) is 18.2 Å². The molecular formula is C11H14O3. The van der Waals surface area contributed by atoms with E-state index in [1.807, 2.05) is 6.92 Å². The number of carbonyl (C=O) groups is 2. The molecule has 0 N–H and O–H groups in total. The Bertz CT molecular complexity index is 285. The summed E-state index contributed by atoms with van der Waals surface area (Å²) >= 11 is 0. The third-order valence-corrected chi connectivity index (χ3v) is 1.48. The van der Waals surface area contributed by atoms with E-state index in [9.17, 15) is 9.59 Å². The van der Waals surface area contributed by atoms with E-state index in [1.165, 1.54) is 7.11 Å². The molecule has 14 heavy (non-hydrogen) atoms. The second kappa shape index (κ2) is 6.83. The molecule has 0 unspecified atom stereocenters. The molecule has 0 aliphatic heterocycles. The summed E-state index contributed by atoms with van der Waals surface area (Å²) in [5, 5.41) is 0. The summed E-state index contributed by atoms with van der Waals surface area (Å²) in [6, 6.07) is 0. The molecule has 0 fully saturated rings. The van der Waals surface area contributed by atoms with Gasteiger partial charge in [0.25, 0.3) is 0 Å². The Kier molecular flexibility index (Phi) is 6.03. The number of aldehydes is 1. The van der Waals surface area contributed by atoms with Crippen LogP contribution >= 0.6 is 0 Å². The lowest BCUT2D eigenvalue weighted by molar-refractivity contribution is -0.139. The summed E-state index contributed by atoms with van der Waals surface area (Å²) in [5.41, 5.74) is 1.04. The van der Waals surface area contributed by atoms with Crippen molar-refractivity contribution in [2.24, 2.45) is 0 Å². The molecule has 0 atom stereocenters. The smallest absolute Gasteiger partial charge is 0.309 e. The minimum atomic E-state index is -0.340. The van der Waals surface area contributed by atoms with Crippen LogP contribution in [0.5, 0.6) is 0 Å². The highest BCUT2D eigenvalue weighted by Crippen LogP contribution is 2.07. The van der Waals surface area contributed by atoms with Gasteiger partial charge in [-0.05, 0) is 18.6 Å². The van der Waals surface area contributed by atoms with Gasteiger partial charge in [0, 0.05) is 5.57 Å². The Labute approximate surface area is 83.8 Å². The summed E-state index contributed by atoms with van der Waals surface area (Å²) in [4.78, 5) is 21.3. The fourth-order valence-corrected chi connectivity index (χ4v) is 0.883. The maximum atomic E-state index is 11.0. The molecule has 0 saturated heterocycles. The number of hydrogen-bond acceptors (Lipinski definition) is 3. The average Bonchev–Trinajstić information content (AvgIpc) is 2.17. The van der Waals surface area contributed by atoms with E-state index in [4.69, 9.17) is 0 Å². The van der Waals surface area contributed by atoms with Gasteiger partial charge in [-0.15, -0.1) is 0 Å². The minimum Gasteiger partial charge on any atom is -0.469 e. The second-order valence-corrected chi connectivity index (χ2v) is 2.66. The first kappa shape index (κ1) is 12.4. The van der Waals surface area contributed by atoms with Crippen LogP contribution in [0.2, 0.25) is 0 Å². The zero-order valence-electron chi connectivity index (χ0n) is 8.45. The monoisotopic (exact) mass is 194 g/mol. The van der Waals surface area contributed by atoms with Crippen LogP contribution in [0.3, 0.4) is 0 Å². The molecule has 0 heterocycles. The third-order valence-electron chi connectivity index (χ3n) is 1.48. The molecule has 76 valence electrons.